The molecule has 1 aromatic heterocycles. The van der Waals surface area contributed by atoms with Gasteiger partial charge in [0, 0.05) is 28.6 Å². The summed E-state index contributed by atoms with van der Waals surface area (Å²) in [5, 5.41) is 1.08. The van der Waals surface area contributed by atoms with Gasteiger partial charge in [0.25, 0.3) is 0 Å². The van der Waals surface area contributed by atoms with Crippen molar-refractivity contribution in [1.29, 1.82) is 0 Å². The Morgan fingerprint density at radius 2 is 1.76 bits per heavy atom. The number of carbonyl (C=O) groups is 1. The Morgan fingerprint density at radius 1 is 1.05 bits per heavy atom. The molecule has 4 rings (SSSR count). The lowest BCUT2D eigenvalue weighted by Gasteiger charge is -2.08. The van der Waals surface area contributed by atoms with Crippen LogP contribution in [-0.2, 0) is 12.8 Å². The summed E-state index contributed by atoms with van der Waals surface area (Å²) in [5.74, 6) is 0.354. The Balaban J connectivity index is 1.73. The SMILES string of the molecule is Cc1cccc2[nH]cc(C(=O)C3Cc4ccccc4C3)c12. The quantitative estimate of drug-likeness (QED) is 0.702. The minimum absolute atomic E-state index is 0.0843. The highest BCUT2D eigenvalue weighted by Gasteiger charge is 2.29. The second-order valence-corrected chi connectivity index (χ2v) is 5.94. The van der Waals surface area contributed by atoms with Gasteiger partial charge in [0.05, 0.1) is 0 Å². The molecular formula is C19H17NO. The first kappa shape index (κ1) is 12.4. The standard InChI is InChI=1S/C19H17NO/c1-12-5-4-8-17-18(12)16(11-20-17)19(21)15-9-13-6-2-3-7-14(13)10-15/h2-8,11,15,20H,9-10H2,1H3. The van der Waals surface area contributed by atoms with Gasteiger partial charge in [-0.25, -0.2) is 0 Å². The number of Topliss-reactive ketones (excluding diaryl/α,β-unsaturated/α-hetero) is 1. The van der Waals surface area contributed by atoms with Crippen LogP contribution in [0.5, 0.6) is 0 Å². The third-order valence-corrected chi connectivity index (χ3v) is 4.60. The summed E-state index contributed by atoms with van der Waals surface area (Å²) in [4.78, 5) is 16.2. The number of benzene rings is 2. The van der Waals surface area contributed by atoms with Gasteiger partial charge in [-0.05, 0) is 42.5 Å². The van der Waals surface area contributed by atoms with E-state index in [9.17, 15) is 4.79 Å². The van der Waals surface area contributed by atoms with Crippen molar-refractivity contribution in [1.82, 2.24) is 4.98 Å². The van der Waals surface area contributed by atoms with E-state index in [1.54, 1.807) is 0 Å². The number of carbonyl (C=O) groups excluding carboxylic acids is 1. The summed E-state index contributed by atoms with van der Waals surface area (Å²) >= 11 is 0. The van der Waals surface area contributed by atoms with Crippen LogP contribution in [0.2, 0.25) is 0 Å². The predicted octanol–water partition coefficient (Wildman–Crippen LogP) is 4.07. The van der Waals surface area contributed by atoms with E-state index in [1.807, 2.05) is 18.3 Å². The molecule has 0 radical (unpaired) electrons. The normalized spacial score (nSPS) is 14.5. The van der Waals surface area contributed by atoms with Crippen molar-refractivity contribution in [3.8, 4) is 0 Å². The average molecular weight is 275 g/mol. The molecule has 1 N–H and O–H groups in total. The third kappa shape index (κ3) is 1.90. The van der Waals surface area contributed by atoms with Crippen LogP contribution in [0.15, 0.2) is 48.7 Å². The van der Waals surface area contributed by atoms with E-state index in [0.29, 0.717) is 0 Å². The number of rotatable bonds is 2. The van der Waals surface area contributed by atoms with Crippen molar-refractivity contribution in [2.75, 3.05) is 0 Å². The molecule has 0 atom stereocenters. The molecule has 0 fully saturated rings. The maximum atomic E-state index is 12.9. The lowest BCUT2D eigenvalue weighted by atomic mass is 9.93. The number of H-pyrrole nitrogens is 1. The molecule has 1 aliphatic rings. The second-order valence-electron chi connectivity index (χ2n) is 5.94. The summed E-state index contributed by atoms with van der Waals surface area (Å²) in [6.07, 6.45) is 3.62. The topological polar surface area (TPSA) is 32.9 Å². The van der Waals surface area contributed by atoms with Crippen LogP contribution in [0.3, 0.4) is 0 Å². The lowest BCUT2D eigenvalue weighted by molar-refractivity contribution is 0.0926. The first-order valence-corrected chi connectivity index (χ1v) is 7.42. The van der Waals surface area contributed by atoms with Crippen LogP contribution in [0.4, 0.5) is 0 Å². The largest absolute Gasteiger partial charge is 0.360 e. The highest BCUT2D eigenvalue weighted by Crippen LogP contribution is 2.31. The van der Waals surface area contributed by atoms with E-state index in [0.717, 1.165) is 34.9 Å². The van der Waals surface area contributed by atoms with E-state index in [2.05, 4.69) is 42.2 Å². The average Bonchev–Trinajstić information content (AvgIpc) is 3.11. The van der Waals surface area contributed by atoms with Gasteiger partial charge in [0.1, 0.15) is 0 Å². The molecule has 3 aromatic rings. The van der Waals surface area contributed by atoms with Crippen LogP contribution in [0.25, 0.3) is 10.9 Å². The van der Waals surface area contributed by atoms with Crippen molar-refractivity contribution in [3.05, 3.63) is 70.9 Å². The molecule has 2 nitrogen and oxygen atoms in total. The zero-order chi connectivity index (χ0) is 14.4. The number of nitrogens with one attached hydrogen (secondary N) is 1. The number of aryl methyl sites for hydroxylation is 1. The molecule has 2 heteroatoms. The van der Waals surface area contributed by atoms with E-state index in [-0.39, 0.29) is 11.7 Å². The van der Waals surface area contributed by atoms with Crippen LogP contribution in [0, 0.1) is 12.8 Å². The predicted molar refractivity (Wildman–Crippen MR) is 84.7 cm³/mol. The molecule has 0 bridgehead atoms. The molecule has 0 saturated carbocycles. The number of aromatic amines is 1. The van der Waals surface area contributed by atoms with Crippen molar-refractivity contribution in [2.45, 2.75) is 19.8 Å². The summed E-state index contributed by atoms with van der Waals surface area (Å²) in [6, 6.07) is 14.5. The zero-order valence-electron chi connectivity index (χ0n) is 12.0. The van der Waals surface area contributed by atoms with Crippen molar-refractivity contribution < 1.29 is 4.79 Å². The van der Waals surface area contributed by atoms with Gasteiger partial charge in [0.2, 0.25) is 0 Å². The molecule has 0 amide bonds. The van der Waals surface area contributed by atoms with E-state index >= 15 is 0 Å². The third-order valence-electron chi connectivity index (χ3n) is 4.60. The molecule has 0 aliphatic heterocycles. The highest BCUT2D eigenvalue weighted by molar-refractivity contribution is 6.10. The van der Waals surface area contributed by atoms with E-state index in [4.69, 9.17) is 0 Å². The molecular weight excluding hydrogens is 258 g/mol. The van der Waals surface area contributed by atoms with Gasteiger partial charge in [-0.15, -0.1) is 0 Å². The van der Waals surface area contributed by atoms with Gasteiger partial charge >= 0.3 is 0 Å². The summed E-state index contributed by atoms with van der Waals surface area (Å²) < 4.78 is 0. The van der Waals surface area contributed by atoms with Gasteiger partial charge in [-0.2, -0.15) is 0 Å². The van der Waals surface area contributed by atoms with Gasteiger partial charge < -0.3 is 4.98 Å². The number of ketones is 1. The van der Waals surface area contributed by atoms with Crippen LogP contribution in [-0.4, -0.2) is 10.8 Å². The highest BCUT2D eigenvalue weighted by atomic mass is 16.1. The summed E-state index contributed by atoms with van der Waals surface area (Å²) in [7, 11) is 0. The van der Waals surface area contributed by atoms with Crippen molar-refractivity contribution in [2.24, 2.45) is 5.92 Å². The van der Waals surface area contributed by atoms with Crippen LogP contribution in [0.1, 0.15) is 27.0 Å². The fourth-order valence-electron chi connectivity index (χ4n) is 3.53. The van der Waals surface area contributed by atoms with E-state index < -0.39 is 0 Å². The zero-order valence-corrected chi connectivity index (χ0v) is 12.0. The molecule has 0 unspecified atom stereocenters. The molecule has 0 saturated heterocycles. The number of hydrogen-bond donors (Lipinski definition) is 1. The maximum Gasteiger partial charge on any atom is 0.168 e. The number of fused-ring (bicyclic) bond motifs is 2. The van der Waals surface area contributed by atoms with Gasteiger partial charge in [0.15, 0.2) is 5.78 Å². The molecule has 0 spiro atoms. The second kappa shape index (κ2) is 4.59. The maximum absolute atomic E-state index is 12.9. The lowest BCUT2D eigenvalue weighted by Crippen LogP contribution is -2.14. The molecule has 1 aliphatic carbocycles. The number of hydrogen-bond acceptors (Lipinski definition) is 1. The first-order valence-electron chi connectivity index (χ1n) is 7.42. The number of aromatic nitrogens is 1. The molecule has 2 aromatic carbocycles. The van der Waals surface area contributed by atoms with E-state index in [1.165, 1.54) is 11.1 Å². The molecule has 1 heterocycles. The summed E-state index contributed by atoms with van der Waals surface area (Å²) in [6.45, 7) is 2.07. The minimum Gasteiger partial charge on any atom is -0.360 e. The van der Waals surface area contributed by atoms with Crippen molar-refractivity contribution in [3.63, 3.8) is 0 Å². The minimum atomic E-state index is 0.0843. The first-order chi connectivity index (χ1) is 10.2. The fraction of sp³-hybridized carbons (Fsp3) is 0.211. The van der Waals surface area contributed by atoms with Gasteiger partial charge in [-0.1, -0.05) is 36.4 Å². The molecule has 104 valence electrons. The van der Waals surface area contributed by atoms with Crippen molar-refractivity contribution >= 4 is 16.7 Å². The van der Waals surface area contributed by atoms with Gasteiger partial charge in [-0.3, -0.25) is 4.79 Å². The Bertz CT molecular complexity index is 819. The summed E-state index contributed by atoms with van der Waals surface area (Å²) in [5.41, 5.74) is 5.71. The Labute approximate surface area is 123 Å². The fourth-order valence-corrected chi connectivity index (χ4v) is 3.53. The Kier molecular flexibility index (Phi) is 2.71. The van der Waals surface area contributed by atoms with Crippen LogP contribution >= 0.6 is 0 Å². The monoisotopic (exact) mass is 275 g/mol. The smallest absolute Gasteiger partial charge is 0.168 e. The molecule has 21 heavy (non-hydrogen) atoms. The van der Waals surface area contributed by atoms with Crippen LogP contribution < -0.4 is 0 Å². The Hall–Kier alpha value is -2.35. The Morgan fingerprint density at radius 3 is 2.48 bits per heavy atom.